The lowest BCUT2D eigenvalue weighted by atomic mass is 9.81. The standard InChI is InChI=1S/C17H29NO/c1-12(2)16(10-19)18-11-17(5,6)15-9-13(3)7-8-14(15)4/h7-9,12,16,18-19H,10-11H2,1-6H3. The third-order valence-corrected chi connectivity index (χ3v) is 3.93. The average molecular weight is 263 g/mol. The van der Waals surface area contributed by atoms with Crippen molar-refractivity contribution in [2.24, 2.45) is 5.92 Å². The van der Waals surface area contributed by atoms with Crippen LogP contribution in [0.5, 0.6) is 0 Å². The number of hydrogen-bond donors (Lipinski definition) is 2. The molecule has 2 nitrogen and oxygen atoms in total. The predicted molar refractivity (Wildman–Crippen MR) is 82.7 cm³/mol. The molecule has 0 heterocycles. The SMILES string of the molecule is Cc1ccc(C)c(C(C)(C)CNC(CO)C(C)C)c1. The van der Waals surface area contributed by atoms with E-state index in [0.29, 0.717) is 5.92 Å². The molecule has 0 aliphatic carbocycles. The maximum atomic E-state index is 9.40. The molecule has 19 heavy (non-hydrogen) atoms. The molecule has 0 aliphatic heterocycles. The Morgan fingerprint density at radius 3 is 2.37 bits per heavy atom. The maximum Gasteiger partial charge on any atom is 0.0587 e. The highest BCUT2D eigenvalue weighted by Crippen LogP contribution is 2.27. The van der Waals surface area contributed by atoms with Crippen molar-refractivity contribution in [1.82, 2.24) is 5.32 Å². The number of hydrogen-bond acceptors (Lipinski definition) is 2. The molecule has 0 spiro atoms. The number of benzene rings is 1. The summed E-state index contributed by atoms with van der Waals surface area (Å²) in [7, 11) is 0. The van der Waals surface area contributed by atoms with E-state index in [1.807, 2.05) is 0 Å². The normalized spacial score (nSPS) is 13.9. The zero-order valence-corrected chi connectivity index (χ0v) is 13.2. The van der Waals surface area contributed by atoms with Gasteiger partial charge in [0.2, 0.25) is 0 Å². The largest absolute Gasteiger partial charge is 0.395 e. The van der Waals surface area contributed by atoms with Gasteiger partial charge < -0.3 is 10.4 Å². The second-order valence-corrected chi connectivity index (χ2v) is 6.62. The molecule has 0 bridgehead atoms. The van der Waals surface area contributed by atoms with Crippen LogP contribution in [0.1, 0.15) is 44.4 Å². The fourth-order valence-corrected chi connectivity index (χ4v) is 2.46. The van der Waals surface area contributed by atoms with Crippen LogP contribution in [0.25, 0.3) is 0 Å². The summed E-state index contributed by atoms with van der Waals surface area (Å²) in [4.78, 5) is 0. The topological polar surface area (TPSA) is 32.3 Å². The number of aryl methyl sites for hydroxylation is 2. The summed E-state index contributed by atoms with van der Waals surface area (Å²) in [6.07, 6.45) is 0. The summed E-state index contributed by atoms with van der Waals surface area (Å²) < 4.78 is 0. The monoisotopic (exact) mass is 263 g/mol. The van der Waals surface area contributed by atoms with E-state index < -0.39 is 0 Å². The van der Waals surface area contributed by atoms with Crippen LogP contribution >= 0.6 is 0 Å². The highest BCUT2D eigenvalue weighted by molar-refractivity contribution is 5.36. The minimum atomic E-state index is 0.0679. The van der Waals surface area contributed by atoms with Crippen molar-refractivity contribution in [1.29, 1.82) is 0 Å². The number of nitrogens with one attached hydrogen (secondary N) is 1. The fourth-order valence-electron chi connectivity index (χ4n) is 2.46. The minimum Gasteiger partial charge on any atom is -0.395 e. The number of aliphatic hydroxyl groups excluding tert-OH is 1. The van der Waals surface area contributed by atoms with Crippen LogP contribution in [0, 0.1) is 19.8 Å². The quantitative estimate of drug-likeness (QED) is 0.826. The van der Waals surface area contributed by atoms with E-state index in [4.69, 9.17) is 0 Å². The van der Waals surface area contributed by atoms with Crippen molar-refractivity contribution in [3.8, 4) is 0 Å². The second-order valence-electron chi connectivity index (χ2n) is 6.62. The molecular formula is C17H29NO. The molecule has 0 aromatic heterocycles. The molecule has 0 radical (unpaired) electrons. The molecule has 0 fully saturated rings. The van der Waals surface area contributed by atoms with E-state index >= 15 is 0 Å². The molecule has 0 saturated heterocycles. The Labute approximate surface area is 118 Å². The van der Waals surface area contributed by atoms with E-state index in [2.05, 4.69) is 65.1 Å². The average Bonchev–Trinajstić information content (AvgIpc) is 2.32. The third kappa shape index (κ3) is 4.32. The number of aliphatic hydroxyl groups is 1. The molecule has 1 aromatic rings. The van der Waals surface area contributed by atoms with Gasteiger partial charge in [0, 0.05) is 18.0 Å². The first-order chi connectivity index (χ1) is 8.77. The highest BCUT2D eigenvalue weighted by atomic mass is 16.3. The molecule has 2 N–H and O–H groups in total. The van der Waals surface area contributed by atoms with E-state index in [-0.39, 0.29) is 18.1 Å². The zero-order valence-electron chi connectivity index (χ0n) is 13.2. The third-order valence-electron chi connectivity index (χ3n) is 3.93. The molecule has 1 unspecified atom stereocenters. The van der Waals surface area contributed by atoms with Crippen molar-refractivity contribution in [3.63, 3.8) is 0 Å². The van der Waals surface area contributed by atoms with Crippen molar-refractivity contribution >= 4 is 0 Å². The summed E-state index contributed by atoms with van der Waals surface area (Å²) in [5.74, 6) is 0.444. The molecule has 1 atom stereocenters. The Balaban J connectivity index is 2.83. The Kier molecular flexibility index (Phi) is 5.57. The molecule has 0 saturated carbocycles. The van der Waals surface area contributed by atoms with E-state index in [1.165, 1.54) is 16.7 Å². The lowest BCUT2D eigenvalue weighted by Gasteiger charge is -2.31. The van der Waals surface area contributed by atoms with Gasteiger partial charge in [-0.25, -0.2) is 0 Å². The predicted octanol–water partition coefficient (Wildman–Crippen LogP) is 3.19. The van der Waals surface area contributed by atoms with Gasteiger partial charge in [0.25, 0.3) is 0 Å². The minimum absolute atomic E-state index is 0.0679. The van der Waals surface area contributed by atoms with Gasteiger partial charge in [-0.05, 0) is 30.9 Å². The summed E-state index contributed by atoms with van der Waals surface area (Å²) in [6, 6.07) is 6.80. The smallest absolute Gasteiger partial charge is 0.0587 e. The molecule has 0 amide bonds. The van der Waals surface area contributed by atoms with Gasteiger partial charge in [-0.15, -0.1) is 0 Å². The van der Waals surface area contributed by atoms with Crippen LogP contribution in [-0.2, 0) is 5.41 Å². The molecule has 0 aliphatic rings. The molecule has 108 valence electrons. The Bertz CT molecular complexity index is 410. The first kappa shape index (κ1) is 16.2. The van der Waals surface area contributed by atoms with E-state index in [1.54, 1.807) is 0 Å². The van der Waals surface area contributed by atoms with Crippen LogP contribution in [0.2, 0.25) is 0 Å². The molecule has 1 rings (SSSR count). The van der Waals surface area contributed by atoms with Gasteiger partial charge >= 0.3 is 0 Å². The van der Waals surface area contributed by atoms with E-state index in [9.17, 15) is 5.11 Å². The van der Waals surface area contributed by atoms with Gasteiger partial charge in [0.15, 0.2) is 0 Å². The zero-order chi connectivity index (χ0) is 14.6. The Hall–Kier alpha value is -0.860. The van der Waals surface area contributed by atoms with Crippen LogP contribution in [0.4, 0.5) is 0 Å². The van der Waals surface area contributed by atoms with Crippen molar-refractivity contribution in [2.45, 2.75) is 53.0 Å². The van der Waals surface area contributed by atoms with Crippen molar-refractivity contribution in [2.75, 3.05) is 13.2 Å². The van der Waals surface area contributed by atoms with Crippen LogP contribution in [0.15, 0.2) is 18.2 Å². The lowest BCUT2D eigenvalue weighted by Crippen LogP contribution is -2.44. The van der Waals surface area contributed by atoms with Gasteiger partial charge in [0.05, 0.1) is 6.61 Å². The molecular weight excluding hydrogens is 234 g/mol. The first-order valence-electron chi connectivity index (χ1n) is 7.20. The van der Waals surface area contributed by atoms with Crippen LogP contribution in [-0.4, -0.2) is 24.3 Å². The highest BCUT2D eigenvalue weighted by Gasteiger charge is 2.24. The lowest BCUT2D eigenvalue weighted by molar-refractivity contribution is 0.204. The molecule has 2 heteroatoms. The van der Waals surface area contributed by atoms with Crippen LogP contribution in [0.3, 0.4) is 0 Å². The summed E-state index contributed by atoms with van der Waals surface area (Å²) in [5.41, 5.74) is 4.09. The summed E-state index contributed by atoms with van der Waals surface area (Å²) >= 11 is 0. The summed E-state index contributed by atoms with van der Waals surface area (Å²) in [5, 5.41) is 12.9. The number of rotatable bonds is 6. The van der Waals surface area contributed by atoms with Gasteiger partial charge in [-0.1, -0.05) is 51.5 Å². The fraction of sp³-hybridized carbons (Fsp3) is 0.647. The van der Waals surface area contributed by atoms with Crippen LogP contribution < -0.4 is 5.32 Å². The molecule has 1 aromatic carbocycles. The second kappa shape index (κ2) is 6.53. The summed E-state index contributed by atoms with van der Waals surface area (Å²) in [6.45, 7) is 14.2. The Morgan fingerprint density at radius 1 is 1.21 bits per heavy atom. The van der Waals surface area contributed by atoms with Gasteiger partial charge in [0.1, 0.15) is 0 Å². The van der Waals surface area contributed by atoms with Gasteiger partial charge in [-0.3, -0.25) is 0 Å². The first-order valence-corrected chi connectivity index (χ1v) is 7.20. The van der Waals surface area contributed by atoms with E-state index in [0.717, 1.165) is 6.54 Å². The van der Waals surface area contributed by atoms with Crippen molar-refractivity contribution in [3.05, 3.63) is 34.9 Å². The Morgan fingerprint density at radius 2 is 1.84 bits per heavy atom. The maximum absolute atomic E-state index is 9.40. The van der Waals surface area contributed by atoms with Gasteiger partial charge in [-0.2, -0.15) is 0 Å². The van der Waals surface area contributed by atoms with Crippen molar-refractivity contribution < 1.29 is 5.11 Å².